The molecule has 0 aliphatic heterocycles. The SMILES string of the molecule is CCCc1ccc(-c2csc(NC(=O)CSc3nnc(SC)s3)n2)cc1. The molecule has 3 rings (SSSR count). The fourth-order valence-corrected chi connectivity index (χ4v) is 5.19. The van der Waals surface area contributed by atoms with Crippen molar-refractivity contribution in [1.82, 2.24) is 15.2 Å². The van der Waals surface area contributed by atoms with Crippen LogP contribution in [-0.4, -0.2) is 33.1 Å². The first-order valence-corrected chi connectivity index (χ1v) is 11.9. The summed E-state index contributed by atoms with van der Waals surface area (Å²) in [6.45, 7) is 2.17. The number of nitrogens with zero attached hydrogens (tertiary/aromatic N) is 3. The molecule has 0 unspecified atom stereocenters. The summed E-state index contributed by atoms with van der Waals surface area (Å²) in [5, 5.41) is 13.5. The topological polar surface area (TPSA) is 67.8 Å². The number of nitrogens with one attached hydrogen (secondary N) is 1. The number of carbonyl (C=O) groups is 1. The molecule has 136 valence electrons. The second-order valence-corrected chi connectivity index (χ2v) is 9.47. The number of thiazole rings is 1. The van der Waals surface area contributed by atoms with Gasteiger partial charge in [-0.25, -0.2) is 4.98 Å². The Morgan fingerprint density at radius 1 is 1.19 bits per heavy atom. The van der Waals surface area contributed by atoms with Crippen LogP contribution in [0.5, 0.6) is 0 Å². The summed E-state index contributed by atoms with van der Waals surface area (Å²) in [5.74, 6) is 0.207. The molecule has 0 aliphatic rings. The van der Waals surface area contributed by atoms with Crippen LogP contribution in [0.4, 0.5) is 5.13 Å². The van der Waals surface area contributed by atoms with E-state index in [0.29, 0.717) is 10.9 Å². The van der Waals surface area contributed by atoms with Crippen molar-refractivity contribution in [1.29, 1.82) is 0 Å². The summed E-state index contributed by atoms with van der Waals surface area (Å²) in [7, 11) is 0. The molecule has 2 heterocycles. The number of aryl methyl sites for hydroxylation is 1. The minimum atomic E-state index is -0.0879. The largest absolute Gasteiger partial charge is 0.301 e. The Balaban J connectivity index is 1.54. The molecule has 3 aromatic rings. The van der Waals surface area contributed by atoms with Crippen LogP contribution in [0, 0.1) is 0 Å². The van der Waals surface area contributed by atoms with Crippen LogP contribution < -0.4 is 5.32 Å². The lowest BCUT2D eigenvalue weighted by molar-refractivity contribution is -0.113. The third-order valence-corrected chi connectivity index (χ3v) is 7.22. The number of hydrogen-bond acceptors (Lipinski definition) is 8. The summed E-state index contributed by atoms with van der Waals surface area (Å²) in [6, 6.07) is 8.44. The Labute approximate surface area is 169 Å². The zero-order valence-corrected chi connectivity index (χ0v) is 17.7. The first-order chi connectivity index (χ1) is 12.7. The predicted molar refractivity (Wildman–Crippen MR) is 113 cm³/mol. The molecule has 5 nitrogen and oxygen atoms in total. The van der Waals surface area contributed by atoms with Crippen molar-refractivity contribution in [2.45, 2.75) is 28.4 Å². The Bertz CT molecular complexity index is 860. The van der Waals surface area contributed by atoms with E-state index in [0.717, 1.165) is 32.8 Å². The molecule has 0 fully saturated rings. The van der Waals surface area contributed by atoms with Crippen LogP contribution in [0.1, 0.15) is 18.9 Å². The normalized spacial score (nSPS) is 10.8. The Morgan fingerprint density at radius 2 is 1.96 bits per heavy atom. The summed E-state index contributed by atoms with van der Waals surface area (Å²) in [5.41, 5.74) is 3.28. The van der Waals surface area contributed by atoms with Crippen LogP contribution >= 0.6 is 46.2 Å². The lowest BCUT2D eigenvalue weighted by Gasteiger charge is -2.01. The van der Waals surface area contributed by atoms with Crippen molar-refractivity contribution >= 4 is 57.2 Å². The molecule has 0 saturated heterocycles. The maximum Gasteiger partial charge on any atom is 0.236 e. The van der Waals surface area contributed by atoms with Gasteiger partial charge < -0.3 is 5.32 Å². The van der Waals surface area contributed by atoms with Gasteiger partial charge in [0.15, 0.2) is 13.8 Å². The van der Waals surface area contributed by atoms with Crippen molar-refractivity contribution in [2.24, 2.45) is 0 Å². The standard InChI is InChI=1S/C17H18N4OS4/c1-3-4-11-5-7-12(8-6-11)13-9-24-15(18-13)19-14(22)10-25-17-21-20-16(23-2)26-17/h5-9H,3-4,10H2,1-2H3,(H,18,19,22). The zero-order chi connectivity index (χ0) is 18.4. The van der Waals surface area contributed by atoms with Gasteiger partial charge in [-0.15, -0.1) is 21.5 Å². The van der Waals surface area contributed by atoms with Crippen molar-refractivity contribution < 1.29 is 4.79 Å². The van der Waals surface area contributed by atoms with Gasteiger partial charge in [0.1, 0.15) is 0 Å². The van der Waals surface area contributed by atoms with Crippen molar-refractivity contribution in [3.8, 4) is 11.3 Å². The molecule has 0 aliphatic carbocycles. The average Bonchev–Trinajstić information content (AvgIpc) is 3.30. The van der Waals surface area contributed by atoms with E-state index in [4.69, 9.17) is 0 Å². The summed E-state index contributed by atoms with van der Waals surface area (Å²) < 4.78 is 1.71. The van der Waals surface area contributed by atoms with Gasteiger partial charge in [0.05, 0.1) is 11.4 Å². The zero-order valence-electron chi connectivity index (χ0n) is 14.4. The molecule has 0 bridgehead atoms. The lowest BCUT2D eigenvalue weighted by Crippen LogP contribution is -2.13. The number of hydrogen-bond donors (Lipinski definition) is 1. The van der Waals surface area contributed by atoms with Gasteiger partial charge >= 0.3 is 0 Å². The molecule has 0 spiro atoms. The van der Waals surface area contributed by atoms with Crippen LogP contribution in [-0.2, 0) is 11.2 Å². The van der Waals surface area contributed by atoms with Gasteiger partial charge in [-0.05, 0) is 18.2 Å². The Morgan fingerprint density at radius 3 is 2.65 bits per heavy atom. The molecule has 1 aromatic carbocycles. The number of benzene rings is 1. The van der Waals surface area contributed by atoms with E-state index in [1.54, 1.807) is 11.8 Å². The predicted octanol–water partition coefficient (Wildman–Crippen LogP) is 5.07. The average molecular weight is 423 g/mol. The fourth-order valence-electron chi connectivity index (χ4n) is 2.22. The van der Waals surface area contributed by atoms with E-state index >= 15 is 0 Å². The number of aromatic nitrogens is 3. The molecule has 0 saturated carbocycles. The third kappa shape index (κ3) is 5.29. The van der Waals surface area contributed by atoms with E-state index in [9.17, 15) is 4.79 Å². The molecule has 0 atom stereocenters. The highest BCUT2D eigenvalue weighted by Gasteiger charge is 2.11. The number of carbonyl (C=O) groups excluding carboxylic acids is 1. The van der Waals surface area contributed by atoms with Gasteiger partial charge in [0.2, 0.25) is 5.91 Å². The molecular weight excluding hydrogens is 404 g/mol. The van der Waals surface area contributed by atoms with E-state index < -0.39 is 0 Å². The summed E-state index contributed by atoms with van der Waals surface area (Å²) in [4.78, 5) is 16.6. The van der Waals surface area contributed by atoms with Crippen molar-refractivity contribution in [2.75, 3.05) is 17.3 Å². The maximum absolute atomic E-state index is 12.1. The lowest BCUT2D eigenvalue weighted by atomic mass is 10.1. The second-order valence-electron chi connectivity index (χ2n) is 5.36. The van der Waals surface area contributed by atoms with Crippen LogP contribution in [0.2, 0.25) is 0 Å². The highest BCUT2D eigenvalue weighted by molar-refractivity contribution is 8.03. The van der Waals surface area contributed by atoms with Crippen LogP contribution in [0.3, 0.4) is 0 Å². The number of thioether (sulfide) groups is 2. The monoisotopic (exact) mass is 422 g/mol. The first kappa shape index (κ1) is 19.3. The number of amides is 1. The van der Waals surface area contributed by atoms with E-state index in [1.165, 1.54) is 40.0 Å². The number of rotatable bonds is 8. The van der Waals surface area contributed by atoms with Crippen LogP contribution in [0.15, 0.2) is 38.3 Å². The smallest absolute Gasteiger partial charge is 0.236 e. The molecule has 26 heavy (non-hydrogen) atoms. The van der Waals surface area contributed by atoms with Gasteiger partial charge in [-0.3, -0.25) is 4.79 Å². The number of anilines is 1. The first-order valence-electron chi connectivity index (χ1n) is 8.03. The molecule has 1 N–H and O–H groups in total. The molecule has 2 aromatic heterocycles. The second kappa shape index (κ2) is 9.50. The van der Waals surface area contributed by atoms with E-state index in [1.807, 2.05) is 11.6 Å². The highest BCUT2D eigenvalue weighted by atomic mass is 32.2. The molecule has 9 heteroatoms. The van der Waals surface area contributed by atoms with Gasteiger partial charge in [-0.1, -0.05) is 72.5 Å². The highest BCUT2D eigenvalue weighted by Crippen LogP contribution is 2.28. The van der Waals surface area contributed by atoms with E-state index in [2.05, 4.69) is 51.7 Å². The molecular formula is C17H18N4OS4. The van der Waals surface area contributed by atoms with Gasteiger partial charge in [0, 0.05) is 10.9 Å². The molecule has 0 radical (unpaired) electrons. The van der Waals surface area contributed by atoms with Gasteiger partial charge in [-0.2, -0.15) is 0 Å². The summed E-state index contributed by atoms with van der Waals surface area (Å²) in [6.07, 6.45) is 4.18. The quantitative estimate of drug-likeness (QED) is 0.511. The maximum atomic E-state index is 12.1. The van der Waals surface area contributed by atoms with E-state index in [-0.39, 0.29) is 5.91 Å². The van der Waals surface area contributed by atoms with Gasteiger partial charge in [0.25, 0.3) is 0 Å². The summed E-state index contributed by atoms with van der Waals surface area (Å²) >= 11 is 5.88. The Kier molecular flexibility index (Phi) is 7.07. The Hall–Kier alpha value is -1.42. The third-order valence-electron chi connectivity index (χ3n) is 3.43. The minimum Gasteiger partial charge on any atom is -0.301 e. The molecule has 1 amide bonds. The fraction of sp³-hybridized carbons (Fsp3) is 0.294. The van der Waals surface area contributed by atoms with Crippen molar-refractivity contribution in [3.63, 3.8) is 0 Å². The van der Waals surface area contributed by atoms with Crippen molar-refractivity contribution in [3.05, 3.63) is 35.2 Å². The van der Waals surface area contributed by atoms with Crippen LogP contribution in [0.25, 0.3) is 11.3 Å². The minimum absolute atomic E-state index is 0.0879.